The van der Waals surface area contributed by atoms with E-state index in [1.165, 1.54) is 6.07 Å². The first-order chi connectivity index (χ1) is 9.34. The van der Waals surface area contributed by atoms with Gasteiger partial charge in [0, 0.05) is 41.7 Å². The van der Waals surface area contributed by atoms with Crippen molar-refractivity contribution in [2.75, 3.05) is 7.11 Å². The van der Waals surface area contributed by atoms with Crippen molar-refractivity contribution in [1.82, 2.24) is 5.32 Å². The Morgan fingerprint density at radius 2 is 2.20 bits per heavy atom. The molecule has 0 bridgehead atoms. The number of rotatable bonds is 5. The summed E-state index contributed by atoms with van der Waals surface area (Å²) in [5.41, 5.74) is 1.11. The average Bonchev–Trinajstić information content (AvgIpc) is 2.37. The van der Waals surface area contributed by atoms with Gasteiger partial charge in [0.1, 0.15) is 0 Å². The second-order valence-electron chi connectivity index (χ2n) is 5.79. The zero-order valence-corrected chi connectivity index (χ0v) is 13.4. The number of benzene rings is 1. The molecule has 6 heteroatoms. The first-order valence-electron chi connectivity index (χ1n) is 6.54. The van der Waals surface area contributed by atoms with Crippen LogP contribution in [-0.4, -0.2) is 24.2 Å². The molecule has 0 spiro atoms. The third-order valence-corrected chi connectivity index (χ3v) is 4.63. The summed E-state index contributed by atoms with van der Waals surface area (Å²) in [6.45, 7) is 4.96. The number of non-ortho nitro benzene ring substituents is 1. The van der Waals surface area contributed by atoms with Crippen LogP contribution in [0.3, 0.4) is 0 Å². The van der Waals surface area contributed by atoms with Gasteiger partial charge in [-0.05, 0) is 18.1 Å². The molecule has 1 saturated carbocycles. The Labute approximate surface area is 127 Å². The lowest BCUT2D eigenvalue weighted by molar-refractivity contribution is -0.385. The molecule has 0 amide bonds. The Morgan fingerprint density at radius 3 is 2.75 bits per heavy atom. The molecular formula is C14H19BrN2O3. The summed E-state index contributed by atoms with van der Waals surface area (Å²) in [6, 6.07) is 5.39. The minimum atomic E-state index is -0.373. The van der Waals surface area contributed by atoms with Gasteiger partial charge in [-0.3, -0.25) is 10.1 Å². The molecule has 110 valence electrons. The van der Waals surface area contributed by atoms with Crippen LogP contribution in [-0.2, 0) is 11.3 Å². The van der Waals surface area contributed by atoms with Gasteiger partial charge in [0.2, 0.25) is 0 Å². The molecule has 20 heavy (non-hydrogen) atoms. The van der Waals surface area contributed by atoms with E-state index in [0.29, 0.717) is 12.6 Å². The molecule has 2 atom stereocenters. The fraction of sp³-hybridized carbons (Fsp3) is 0.571. The van der Waals surface area contributed by atoms with E-state index in [2.05, 4.69) is 35.1 Å². The molecule has 2 unspecified atom stereocenters. The smallest absolute Gasteiger partial charge is 0.270 e. The fourth-order valence-electron chi connectivity index (χ4n) is 2.71. The second kappa shape index (κ2) is 5.79. The fourth-order valence-corrected chi connectivity index (χ4v) is 3.24. The zero-order chi connectivity index (χ0) is 14.9. The molecule has 2 rings (SSSR count). The highest BCUT2D eigenvalue weighted by Gasteiger charge is 2.48. The van der Waals surface area contributed by atoms with Crippen LogP contribution in [0.25, 0.3) is 0 Å². The van der Waals surface area contributed by atoms with Gasteiger partial charge in [0.15, 0.2) is 0 Å². The summed E-state index contributed by atoms with van der Waals surface area (Å²) in [7, 11) is 1.74. The number of nitro benzene ring substituents is 1. The van der Waals surface area contributed by atoms with Crippen molar-refractivity contribution in [1.29, 1.82) is 0 Å². The quantitative estimate of drug-likeness (QED) is 0.658. The Hall–Kier alpha value is -0.980. The van der Waals surface area contributed by atoms with E-state index >= 15 is 0 Å². The summed E-state index contributed by atoms with van der Waals surface area (Å²) >= 11 is 3.31. The number of hydrogen-bond acceptors (Lipinski definition) is 4. The monoisotopic (exact) mass is 342 g/mol. The van der Waals surface area contributed by atoms with Crippen LogP contribution in [0, 0.1) is 15.5 Å². The van der Waals surface area contributed by atoms with Crippen molar-refractivity contribution in [2.45, 2.75) is 39.0 Å². The molecule has 1 aromatic carbocycles. The molecule has 1 N–H and O–H groups in total. The van der Waals surface area contributed by atoms with Crippen LogP contribution in [0.4, 0.5) is 5.69 Å². The number of methoxy groups -OCH3 is 1. The van der Waals surface area contributed by atoms with Crippen LogP contribution in [0.1, 0.15) is 25.8 Å². The van der Waals surface area contributed by atoms with E-state index in [1.807, 2.05) is 6.07 Å². The van der Waals surface area contributed by atoms with E-state index in [4.69, 9.17) is 4.74 Å². The van der Waals surface area contributed by atoms with Crippen LogP contribution in [0.2, 0.25) is 0 Å². The van der Waals surface area contributed by atoms with E-state index in [1.54, 1.807) is 13.2 Å². The number of nitrogens with one attached hydrogen (secondary N) is 1. The maximum absolute atomic E-state index is 10.8. The molecular weight excluding hydrogens is 324 g/mol. The Bertz CT molecular complexity index is 519. The predicted octanol–water partition coefficient (Wildman–Crippen LogP) is 3.26. The number of halogens is 1. The molecule has 5 nitrogen and oxygen atoms in total. The SMILES string of the molecule is COC1CC(NCc2cc(Br)cc([N+](=O)[O-])c2)C1(C)C. The van der Waals surface area contributed by atoms with E-state index in [9.17, 15) is 10.1 Å². The van der Waals surface area contributed by atoms with Crippen molar-refractivity contribution >= 4 is 21.6 Å². The number of nitro groups is 1. The topological polar surface area (TPSA) is 64.4 Å². The number of ether oxygens (including phenoxy) is 1. The second-order valence-corrected chi connectivity index (χ2v) is 6.71. The van der Waals surface area contributed by atoms with Gasteiger partial charge in [-0.1, -0.05) is 29.8 Å². The summed E-state index contributed by atoms with van der Waals surface area (Å²) in [4.78, 5) is 10.5. The van der Waals surface area contributed by atoms with E-state index in [-0.39, 0.29) is 22.1 Å². The minimum Gasteiger partial charge on any atom is -0.381 e. The maximum atomic E-state index is 10.8. The number of nitrogens with zero attached hydrogens (tertiary/aromatic N) is 1. The first-order valence-corrected chi connectivity index (χ1v) is 7.34. The Balaban J connectivity index is 2.00. The van der Waals surface area contributed by atoms with Crippen molar-refractivity contribution in [3.8, 4) is 0 Å². The molecule has 0 saturated heterocycles. The van der Waals surface area contributed by atoms with E-state index < -0.39 is 0 Å². The largest absolute Gasteiger partial charge is 0.381 e. The molecule has 0 heterocycles. The normalized spacial score (nSPS) is 24.2. The Morgan fingerprint density at radius 1 is 1.50 bits per heavy atom. The van der Waals surface area contributed by atoms with Crippen molar-refractivity contribution < 1.29 is 9.66 Å². The summed E-state index contributed by atoms with van der Waals surface area (Å²) in [5.74, 6) is 0. The highest BCUT2D eigenvalue weighted by atomic mass is 79.9. The molecule has 0 aliphatic heterocycles. The summed E-state index contributed by atoms with van der Waals surface area (Å²) in [5, 5.41) is 14.3. The maximum Gasteiger partial charge on any atom is 0.270 e. The van der Waals surface area contributed by atoms with Crippen molar-refractivity contribution in [3.05, 3.63) is 38.3 Å². The van der Waals surface area contributed by atoms with Crippen molar-refractivity contribution in [2.24, 2.45) is 5.41 Å². The molecule has 0 radical (unpaired) electrons. The molecule has 1 aliphatic rings. The van der Waals surface area contributed by atoms with Crippen molar-refractivity contribution in [3.63, 3.8) is 0 Å². The standard InChI is InChI=1S/C14H19BrN2O3/c1-14(2)12(7-13(14)20-3)16-8-9-4-10(15)6-11(5-9)17(18)19/h4-6,12-13,16H,7-8H2,1-3H3. The first kappa shape index (κ1) is 15.4. The average molecular weight is 343 g/mol. The predicted molar refractivity (Wildman–Crippen MR) is 80.6 cm³/mol. The van der Waals surface area contributed by atoms with Gasteiger partial charge >= 0.3 is 0 Å². The highest BCUT2D eigenvalue weighted by Crippen LogP contribution is 2.42. The molecule has 1 aliphatic carbocycles. The van der Waals surface area contributed by atoms with Crippen LogP contribution < -0.4 is 5.32 Å². The van der Waals surface area contributed by atoms with Gasteiger partial charge in [0.05, 0.1) is 11.0 Å². The summed E-state index contributed by atoms with van der Waals surface area (Å²) < 4.78 is 6.14. The minimum absolute atomic E-state index is 0.0900. The van der Waals surface area contributed by atoms with Crippen LogP contribution in [0.15, 0.2) is 22.7 Å². The third kappa shape index (κ3) is 3.02. The summed E-state index contributed by atoms with van der Waals surface area (Å²) in [6.07, 6.45) is 1.25. The van der Waals surface area contributed by atoms with Gasteiger partial charge in [-0.25, -0.2) is 0 Å². The van der Waals surface area contributed by atoms with Gasteiger partial charge in [-0.2, -0.15) is 0 Å². The zero-order valence-electron chi connectivity index (χ0n) is 11.9. The molecule has 0 aromatic heterocycles. The lowest BCUT2D eigenvalue weighted by Crippen LogP contribution is -2.60. The third-order valence-electron chi connectivity index (χ3n) is 4.17. The lowest BCUT2D eigenvalue weighted by atomic mass is 9.64. The number of hydrogen-bond donors (Lipinski definition) is 1. The molecule has 1 aromatic rings. The van der Waals surface area contributed by atoms with Crippen LogP contribution in [0.5, 0.6) is 0 Å². The van der Waals surface area contributed by atoms with Crippen LogP contribution >= 0.6 is 15.9 Å². The van der Waals surface area contributed by atoms with Gasteiger partial charge in [-0.15, -0.1) is 0 Å². The molecule has 1 fully saturated rings. The van der Waals surface area contributed by atoms with Gasteiger partial charge < -0.3 is 10.1 Å². The Kier molecular flexibility index (Phi) is 4.46. The highest BCUT2D eigenvalue weighted by molar-refractivity contribution is 9.10. The van der Waals surface area contributed by atoms with E-state index in [0.717, 1.165) is 16.5 Å². The lowest BCUT2D eigenvalue weighted by Gasteiger charge is -2.51. The van der Waals surface area contributed by atoms with Gasteiger partial charge in [0.25, 0.3) is 5.69 Å².